The smallest absolute Gasteiger partial charge is 0.272 e. The van der Waals surface area contributed by atoms with Gasteiger partial charge in [-0.25, -0.2) is 0 Å². The van der Waals surface area contributed by atoms with Crippen molar-refractivity contribution in [3.63, 3.8) is 0 Å². The van der Waals surface area contributed by atoms with E-state index in [1.807, 2.05) is 30.3 Å². The molecule has 0 bridgehead atoms. The van der Waals surface area contributed by atoms with Crippen LogP contribution < -0.4 is 9.64 Å². The number of pyridine rings is 1. The summed E-state index contributed by atoms with van der Waals surface area (Å²) >= 11 is 12.3. The standard InChI is InChI=1S/C20H15Cl2N3O3/c21-18-10-16(25(26)27)11-19(22)20(18)28-17-2-1-14-12-24(8-5-13(14)9-17)15-3-6-23-7-4-15/h1-4,6-7,9-11H,5,8,12H2. The van der Waals surface area contributed by atoms with E-state index in [1.54, 1.807) is 12.4 Å². The minimum absolute atomic E-state index is 0.0979. The van der Waals surface area contributed by atoms with Crippen molar-refractivity contribution in [3.05, 3.63) is 86.1 Å². The zero-order chi connectivity index (χ0) is 19.7. The van der Waals surface area contributed by atoms with E-state index >= 15 is 0 Å². The van der Waals surface area contributed by atoms with Gasteiger partial charge in [-0.05, 0) is 41.8 Å². The third kappa shape index (κ3) is 3.74. The molecule has 2 heterocycles. The van der Waals surface area contributed by atoms with Gasteiger partial charge in [-0.1, -0.05) is 29.3 Å². The number of aromatic nitrogens is 1. The van der Waals surface area contributed by atoms with Crippen LogP contribution in [-0.2, 0) is 13.0 Å². The minimum Gasteiger partial charge on any atom is -0.454 e. The predicted molar refractivity (Wildman–Crippen MR) is 109 cm³/mol. The molecule has 1 aliphatic heterocycles. The van der Waals surface area contributed by atoms with Gasteiger partial charge in [0.1, 0.15) is 5.75 Å². The molecular weight excluding hydrogens is 401 g/mol. The van der Waals surface area contributed by atoms with Gasteiger partial charge in [0.2, 0.25) is 0 Å². The van der Waals surface area contributed by atoms with Crippen molar-refractivity contribution in [3.8, 4) is 11.5 Å². The second-order valence-corrected chi connectivity index (χ2v) is 7.22. The molecule has 0 unspecified atom stereocenters. The van der Waals surface area contributed by atoms with Crippen LogP contribution in [0.25, 0.3) is 0 Å². The average Bonchev–Trinajstić information content (AvgIpc) is 2.70. The number of ether oxygens (including phenoxy) is 1. The molecule has 0 radical (unpaired) electrons. The summed E-state index contributed by atoms with van der Waals surface area (Å²) in [6.07, 6.45) is 4.45. The van der Waals surface area contributed by atoms with Gasteiger partial charge in [-0.3, -0.25) is 15.1 Å². The highest BCUT2D eigenvalue weighted by molar-refractivity contribution is 6.37. The Morgan fingerprint density at radius 2 is 1.75 bits per heavy atom. The fraction of sp³-hybridized carbons (Fsp3) is 0.150. The maximum Gasteiger partial charge on any atom is 0.272 e. The first-order chi connectivity index (χ1) is 13.5. The van der Waals surface area contributed by atoms with Gasteiger partial charge in [0.25, 0.3) is 5.69 Å². The van der Waals surface area contributed by atoms with E-state index in [0.717, 1.165) is 25.2 Å². The summed E-state index contributed by atoms with van der Waals surface area (Å²) in [5.74, 6) is 0.803. The summed E-state index contributed by atoms with van der Waals surface area (Å²) in [5, 5.41) is 11.1. The second kappa shape index (κ2) is 7.66. The average molecular weight is 416 g/mol. The largest absolute Gasteiger partial charge is 0.454 e. The van der Waals surface area contributed by atoms with Crippen LogP contribution in [-0.4, -0.2) is 16.5 Å². The Bertz CT molecular complexity index is 1020. The van der Waals surface area contributed by atoms with Crippen molar-refractivity contribution in [1.29, 1.82) is 0 Å². The molecule has 0 fully saturated rings. The van der Waals surface area contributed by atoms with Gasteiger partial charge in [-0.15, -0.1) is 0 Å². The van der Waals surface area contributed by atoms with Gasteiger partial charge in [0.05, 0.1) is 15.0 Å². The highest BCUT2D eigenvalue weighted by Gasteiger charge is 2.19. The summed E-state index contributed by atoms with van der Waals surface area (Å²) in [6.45, 7) is 1.69. The van der Waals surface area contributed by atoms with E-state index in [0.29, 0.717) is 5.75 Å². The lowest BCUT2D eigenvalue weighted by Crippen LogP contribution is -2.30. The van der Waals surface area contributed by atoms with Gasteiger partial charge in [0, 0.05) is 43.3 Å². The number of nitro groups is 1. The van der Waals surface area contributed by atoms with E-state index in [1.165, 1.54) is 23.3 Å². The summed E-state index contributed by atoms with van der Waals surface area (Å²) in [7, 11) is 0. The lowest BCUT2D eigenvalue weighted by molar-refractivity contribution is -0.384. The highest BCUT2D eigenvalue weighted by Crippen LogP contribution is 2.40. The van der Waals surface area contributed by atoms with Crippen molar-refractivity contribution in [2.45, 2.75) is 13.0 Å². The molecule has 0 atom stereocenters. The molecule has 6 nitrogen and oxygen atoms in total. The molecule has 142 valence electrons. The van der Waals surface area contributed by atoms with Crippen LogP contribution in [0.5, 0.6) is 11.5 Å². The van der Waals surface area contributed by atoms with Gasteiger partial charge in [0.15, 0.2) is 5.75 Å². The van der Waals surface area contributed by atoms with Crippen molar-refractivity contribution in [1.82, 2.24) is 4.98 Å². The number of benzene rings is 2. The summed E-state index contributed by atoms with van der Waals surface area (Å²) < 4.78 is 5.84. The fourth-order valence-electron chi connectivity index (χ4n) is 3.24. The molecule has 2 aromatic carbocycles. The number of hydrogen-bond donors (Lipinski definition) is 0. The lowest BCUT2D eigenvalue weighted by atomic mass is 9.99. The molecule has 0 amide bonds. The molecule has 1 aromatic heterocycles. The summed E-state index contributed by atoms with van der Waals surface area (Å²) in [5.41, 5.74) is 3.38. The Hall–Kier alpha value is -2.83. The summed E-state index contributed by atoms with van der Waals surface area (Å²) in [6, 6.07) is 12.3. The minimum atomic E-state index is -0.547. The number of nitro benzene ring substituents is 1. The Morgan fingerprint density at radius 3 is 2.43 bits per heavy atom. The number of non-ortho nitro benzene ring substituents is 1. The Labute approximate surface area is 171 Å². The van der Waals surface area contributed by atoms with Crippen molar-refractivity contribution in [2.75, 3.05) is 11.4 Å². The zero-order valence-electron chi connectivity index (χ0n) is 14.6. The monoisotopic (exact) mass is 415 g/mol. The number of fused-ring (bicyclic) bond motifs is 1. The molecule has 0 saturated carbocycles. The molecule has 4 rings (SSSR count). The Balaban J connectivity index is 1.56. The zero-order valence-corrected chi connectivity index (χ0v) is 16.2. The second-order valence-electron chi connectivity index (χ2n) is 6.41. The van der Waals surface area contributed by atoms with Crippen LogP contribution in [0, 0.1) is 10.1 Å². The quantitative estimate of drug-likeness (QED) is 0.406. The number of halogens is 2. The van der Waals surface area contributed by atoms with Gasteiger partial charge < -0.3 is 9.64 Å². The SMILES string of the molecule is O=[N+]([O-])c1cc(Cl)c(Oc2ccc3c(c2)CCN(c2ccncc2)C3)c(Cl)c1. The first-order valence-corrected chi connectivity index (χ1v) is 9.35. The Morgan fingerprint density at radius 1 is 1.04 bits per heavy atom. The molecule has 28 heavy (non-hydrogen) atoms. The number of rotatable bonds is 4. The van der Waals surface area contributed by atoms with Crippen LogP contribution in [0.2, 0.25) is 10.0 Å². The summed E-state index contributed by atoms with van der Waals surface area (Å²) in [4.78, 5) is 16.7. The molecule has 3 aromatic rings. The topological polar surface area (TPSA) is 68.5 Å². The number of nitrogens with zero attached hydrogens (tertiary/aromatic N) is 3. The van der Waals surface area contributed by atoms with E-state index in [-0.39, 0.29) is 21.5 Å². The van der Waals surface area contributed by atoms with Crippen LogP contribution >= 0.6 is 23.2 Å². The fourth-order valence-corrected chi connectivity index (χ4v) is 3.79. The Kier molecular flexibility index (Phi) is 5.07. The molecule has 0 spiro atoms. The van der Waals surface area contributed by atoms with E-state index in [9.17, 15) is 10.1 Å². The van der Waals surface area contributed by atoms with Crippen LogP contribution in [0.4, 0.5) is 11.4 Å². The van der Waals surface area contributed by atoms with Crippen molar-refractivity contribution < 1.29 is 9.66 Å². The van der Waals surface area contributed by atoms with E-state index < -0.39 is 4.92 Å². The van der Waals surface area contributed by atoms with Crippen LogP contribution in [0.1, 0.15) is 11.1 Å². The first-order valence-electron chi connectivity index (χ1n) is 8.59. The van der Waals surface area contributed by atoms with Gasteiger partial charge in [-0.2, -0.15) is 0 Å². The van der Waals surface area contributed by atoms with Crippen molar-refractivity contribution >= 4 is 34.6 Å². The third-order valence-corrected chi connectivity index (χ3v) is 5.19. The number of anilines is 1. The van der Waals surface area contributed by atoms with Crippen molar-refractivity contribution in [2.24, 2.45) is 0 Å². The molecule has 0 aliphatic carbocycles. The molecule has 0 N–H and O–H groups in total. The van der Waals surface area contributed by atoms with Crippen LogP contribution in [0.15, 0.2) is 54.9 Å². The maximum atomic E-state index is 10.9. The lowest BCUT2D eigenvalue weighted by Gasteiger charge is -2.30. The van der Waals surface area contributed by atoms with Gasteiger partial charge >= 0.3 is 0 Å². The normalized spacial score (nSPS) is 13.1. The van der Waals surface area contributed by atoms with Crippen LogP contribution in [0.3, 0.4) is 0 Å². The van der Waals surface area contributed by atoms with E-state index in [4.69, 9.17) is 27.9 Å². The molecule has 1 aliphatic rings. The molecular formula is C20H15Cl2N3O3. The maximum absolute atomic E-state index is 10.9. The highest BCUT2D eigenvalue weighted by atomic mass is 35.5. The molecule has 0 saturated heterocycles. The van der Waals surface area contributed by atoms with E-state index in [2.05, 4.69) is 9.88 Å². The number of hydrogen-bond acceptors (Lipinski definition) is 5. The molecule has 8 heteroatoms. The predicted octanol–water partition coefficient (Wildman–Crippen LogP) is 5.65. The first kappa shape index (κ1) is 18.5. The third-order valence-electron chi connectivity index (χ3n) is 4.63.